The summed E-state index contributed by atoms with van der Waals surface area (Å²) in [5.41, 5.74) is 2.57. The van der Waals surface area contributed by atoms with Crippen LogP contribution in [-0.2, 0) is 18.3 Å². The molecule has 2 aromatic heterocycles. The average Bonchev–Trinajstić information content (AvgIpc) is 3.06. The van der Waals surface area contributed by atoms with Crippen LogP contribution in [0, 0.1) is 0 Å². The lowest BCUT2D eigenvalue weighted by Gasteiger charge is -2.07. The molecule has 0 atom stereocenters. The largest absolute Gasteiger partial charge is 0.461 e. The van der Waals surface area contributed by atoms with Crippen LogP contribution in [0.5, 0.6) is 0 Å². The number of aryl methyl sites for hydroxylation is 1. The Bertz CT molecular complexity index is 786. The molecule has 0 bridgehead atoms. The number of ether oxygens (including phenoxy) is 1. The van der Waals surface area contributed by atoms with Crippen molar-refractivity contribution in [1.82, 2.24) is 14.3 Å². The standard InChI is InChI=1S/C16H17N3O2/c1-3-21-16(20)15-9-6-10-19(15)11-13-12-7-4-5-8-14(12)18(2)17-13/h4-10H,3,11H2,1-2H3. The molecule has 5 nitrogen and oxygen atoms in total. The van der Waals surface area contributed by atoms with E-state index in [-0.39, 0.29) is 5.97 Å². The van der Waals surface area contributed by atoms with Gasteiger partial charge in [0, 0.05) is 18.6 Å². The zero-order valence-electron chi connectivity index (χ0n) is 12.1. The van der Waals surface area contributed by atoms with Crippen molar-refractivity contribution in [1.29, 1.82) is 0 Å². The molecule has 0 amide bonds. The quantitative estimate of drug-likeness (QED) is 0.691. The number of hydrogen-bond donors (Lipinski definition) is 0. The number of nitrogens with zero attached hydrogens (tertiary/aromatic N) is 3. The molecule has 0 spiro atoms. The first-order valence-electron chi connectivity index (χ1n) is 6.93. The molecular weight excluding hydrogens is 266 g/mol. The van der Waals surface area contributed by atoms with Crippen LogP contribution in [0.1, 0.15) is 23.1 Å². The Labute approximate surface area is 122 Å². The normalized spacial score (nSPS) is 11.0. The fraction of sp³-hybridized carbons (Fsp3) is 0.250. The van der Waals surface area contributed by atoms with Crippen LogP contribution in [0.3, 0.4) is 0 Å². The predicted molar refractivity (Wildman–Crippen MR) is 80.2 cm³/mol. The van der Waals surface area contributed by atoms with E-state index in [0.29, 0.717) is 18.8 Å². The van der Waals surface area contributed by atoms with Crippen LogP contribution < -0.4 is 0 Å². The minimum Gasteiger partial charge on any atom is -0.461 e. The number of benzene rings is 1. The van der Waals surface area contributed by atoms with Crippen molar-refractivity contribution in [3.05, 3.63) is 54.0 Å². The van der Waals surface area contributed by atoms with Crippen molar-refractivity contribution in [3.8, 4) is 0 Å². The van der Waals surface area contributed by atoms with Gasteiger partial charge in [-0.2, -0.15) is 5.10 Å². The van der Waals surface area contributed by atoms with E-state index < -0.39 is 0 Å². The summed E-state index contributed by atoms with van der Waals surface area (Å²) in [7, 11) is 1.92. The highest BCUT2D eigenvalue weighted by Gasteiger charge is 2.14. The van der Waals surface area contributed by atoms with E-state index in [2.05, 4.69) is 5.10 Å². The second-order valence-electron chi connectivity index (χ2n) is 4.83. The van der Waals surface area contributed by atoms with Gasteiger partial charge in [-0.25, -0.2) is 4.79 Å². The highest BCUT2D eigenvalue weighted by molar-refractivity contribution is 5.88. The third kappa shape index (κ3) is 2.42. The predicted octanol–water partition coefficient (Wildman–Crippen LogP) is 2.60. The van der Waals surface area contributed by atoms with E-state index in [9.17, 15) is 4.79 Å². The van der Waals surface area contributed by atoms with E-state index in [0.717, 1.165) is 16.6 Å². The summed E-state index contributed by atoms with van der Waals surface area (Å²) in [5, 5.41) is 5.66. The Morgan fingerprint density at radius 2 is 2.05 bits per heavy atom. The molecule has 1 aromatic carbocycles. The summed E-state index contributed by atoms with van der Waals surface area (Å²) in [6.45, 7) is 2.72. The van der Waals surface area contributed by atoms with Crippen LogP contribution in [0.25, 0.3) is 10.9 Å². The molecule has 0 aliphatic heterocycles. The van der Waals surface area contributed by atoms with Crippen LogP contribution in [0.4, 0.5) is 0 Å². The topological polar surface area (TPSA) is 49.1 Å². The van der Waals surface area contributed by atoms with Gasteiger partial charge in [-0.15, -0.1) is 0 Å². The number of carbonyl (C=O) groups is 1. The number of para-hydroxylation sites is 1. The average molecular weight is 283 g/mol. The molecule has 3 rings (SSSR count). The lowest BCUT2D eigenvalue weighted by molar-refractivity contribution is 0.0514. The second kappa shape index (κ2) is 5.44. The minimum atomic E-state index is -0.303. The molecule has 0 radical (unpaired) electrons. The number of fused-ring (bicyclic) bond motifs is 1. The van der Waals surface area contributed by atoms with Gasteiger partial charge < -0.3 is 9.30 Å². The Hall–Kier alpha value is -2.56. The monoisotopic (exact) mass is 283 g/mol. The van der Waals surface area contributed by atoms with Gasteiger partial charge in [-0.1, -0.05) is 18.2 Å². The maximum atomic E-state index is 11.9. The summed E-state index contributed by atoms with van der Waals surface area (Å²) >= 11 is 0. The molecular formula is C16H17N3O2. The summed E-state index contributed by atoms with van der Waals surface area (Å²) < 4.78 is 8.80. The lowest BCUT2D eigenvalue weighted by atomic mass is 10.2. The van der Waals surface area contributed by atoms with Gasteiger partial charge >= 0.3 is 5.97 Å². The first-order chi connectivity index (χ1) is 10.2. The third-order valence-corrected chi connectivity index (χ3v) is 3.47. The molecule has 0 fully saturated rings. The molecule has 3 aromatic rings. The zero-order valence-corrected chi connectivity index (χ0v) is 12.1. The van der Waals surface area contributed by atoms with Crippen LogP contribution in [-0.4, -0.2) is 26.9 Å². The Morgan fingerprint density at radius 3 is 2.86 bits per heavy atom. The van der Waals surface area contributed by atoms with Gasteiger partial charge in [-0.3, -0.25) is 4.68 Å². The SMILES string of the molecule is CCOC(=O)c1cccn1Cc1nn(C)c2ccccc12. The van der Waals surface area contributed by atoms with E-state index in [1.54, 1.807) is 13.0 Å². The Morgan fingerprint density at radius 1 is 1.24 bits per heavy atom. The highest BCUT2D eigenvalue weighted by Crippen LogP contribution is 2.19. The molecule has 0 aliphatic rings. The van der Waals surface area contributed by atoms with Crippen LogP contribution in [0.15, 0.2) is 42.6 Å². The first kappa shape index (κ1) is 13.4. The van der Waals surface area contributed by atoms with E-state index in [1.165, 1.54) is 0 Å². The fourth-order valence-corrected chi connectivity index (χ4v) is 2.51. The summed E-state index contributed by atoms with van der Waals surface area (Å²) in [6.07, 6.45) is 1.87. The van der Waals surface area contributed by atoms with Crippen molar-refractivity contribution < 1.29 is 9.53 Å². The lowest BCUT2D eigenvalue weighted by Crippen LogP contribution is -2.12. The van der Waals surface area contributed by atoms with Gasteiger partial charge in [-0.05, 0) is 25.1 Å². The van der Waals surface area contributed by atoms with E-state index >= 15 is 0 Å². The molecule has 0 saturated heterocycles. The Kier molecular flexibility index (Phi) is 3.48. The first-order valence-corrected chi connectivity index (χ1v) is 6.93. The van der Waals surface area contributed by atoms with Gasteiger partial charge in [0.25, 0.3) is 0 Å². The second-order valence-corrected chi connectivity index (χ2v) is 4.83. The van der Waals surface area contributed by atoms with Gasteiger partial charge in [0.05, 0.1) is 24.4 Å². The molecule has 2 heterocycles. The van der Waals surface area contributed by atoms with Crippen molar-refractivity contribution >= 4 is 16.9 Å². The number of hydrogen-bond acceptors (Lipinski definition) is 3. The summed E-state index contributed by atoms with van der Waals surface area (Å²) in [4.78, 5) is 11.9. The van der Waals surface area contributed by atoms with Crippen molar-refractivity contribution in [3.63, 3.8) is 0 Å². The van der Waals surface area contributed by atoms with Crippen LogP contribution in [0.2, 0.25) is 0 Å². The number of rotatable bonds is 4. The minimum absolute atomic E-state index is 0.303. The molecule has 21 heavy (non-hydrogen) atoms. The van der Waals surface area contributed by atoms with Crippen molar-refractivity contribution in [2.75, 3.05) is 6.61 Å². The maximum Gasteiger partial charge on any atom is 0.354 e. The molecule has 0 aliphatic carbocycles. The van der Waals surface area contributed by atoms with Crippen molar-refractivity contribution in [2.45, 2.75) is 13.5 Å². The van der Waals surface area contributed by atoms with E-state index in [4.69, 9.17) is 4.74 Å². The van der Waals surface area contributed by atoms with E-state index in [1.807, 2.05) is 52.8 Å². The van der Waals surface area contributed by atoms with Gasteiger partial charge in [0.2, 0.25) is 0 Å². The third-order valence-electron chi connectivity index (χ3n) is 3.47. The molecule has 0 N–H and O–H groups in total. The smallest absolute Gasteiger partial charge is 0.354 e. The van der Waals surface area contributed by atoms with Crippen LogP contribution >= 0.6 is 0 Å². The fourth-order valence-electron chi connectivity index (χ4n) is 2.51. The molecule has 108 valence electrons. The number of esters is 1. The zero-order chi connectivity index (χ0) is 14.8. The molecule has 5 heteroatoms. The Balaban J connectivity index is 1.96. The highest BCUT2D eigenvalue weighted by atomic mass is 16.5. The van der Waals surface area contributed by atoms with Gasteiger partial charge in [0.1, 0.15) is 5.69 Å². The molecule has 0 unspecified atom stereocenters. The number of aromatic nitrogens is 3. The number of carbonyl (C=O) groups excluding carboxylic acids is 1. The van der Waals surface area contributed by atoms with Gasteiger partial charge in [0.15, 0.2) is 0 Å². The molecule has 0 saturated carbocycles. The maximum absolute atomic E-state index is 11.9. The van der Waals surface area contributed by atoms with Crippen molar-refractivity contribution in [2.24, 2.45) is 7.05 Å². The summed E-state index contributed by atoms with van der Waals surface area (Å²) in [6, 6.07) is 11.7. The summed E-state index contributed by atoms with van der Waals surface area (Å²) in [5.74, 6) is -0.303.